The van der Waals surface area contributed by atoms with Crippen LogP contribution in [0.3, 0.4) is 0 Å². The summed E-state index contributed by atoms with van der Waals surface area (Å²) in [5, 5.41) is 0. The first-order chi connectivity index (χ1) is 16.2. The monoisotopic (exact) mass is 463 g/mol. The van der Waals surface area contributed by atoms with E-state index in [4.69, 9.17) is 10.5 Å². The molecule has 1 heterocycles. The highest BCUT2D eigenvalue weighted by molar-refractivity contribution is 6.02. The minimum absolute atomic E-state index is 0.0608. The van der Waals surface area contributed by atoms with E-state index in [1.54, 1.807) is 12.1 Å². The second kappa shape index (κ2) is 10.8. The first kappa shape index (κ1) is 24.7. The van der Waals surface area contributed by atoms with E-state index < -0.39 is 29.6 Å². The molecule has 178 valence electrons. The molecule has 0 unspecified atom stereocenters. The van der Waals surface area contributed by atoms with Crippen molar-refractivity contribution < 1.29 is 14.3 Å². The Balaban J connectivity index is 1.77. The smallest absolute Gasteiger partial charge is 0.338 e. The molecule has 2 aromatic carbocycles. The average Bonchev–Trinajstić information content (AvgIpc) is 2.83. The summed E-state index contributed by atoms with van der Waals surface area (Å²) < 4.78 is 7.29. The number of anilines is 1. The topological polar surface area (TPSA) is 113 Å². The van der Waals surface area contributed by atoms with Crippen LogP contribution in [0.25, 0.3) is 0 Å². The summed E-state index contributed by atoms with van der Waals surface area (Å²) >= 11 is 0. The number of ketones is 1. The van der Waals surface area contributed by atoms with E-state index in [0.29, 0.717) is 12.0 Å². The van der Waals surface area contributed by atoms with Crippen molar-refractivity contribution in [3.05, 3.63) is 97.7 Å². The van der Waals surface area contributed by atoms with Crippen LogP contribution in [-0.2, 0) is 31.2 Å². The summed E-state index contributed by atoms with van der Waals surface area (Å²) in [4.78, 5) is 50.6. The largest absolute Gasteiger partial charge is 0.454 e. The minimum atomic E-state index is -0.813. The summed E-state index contributed by atoms with van der Waals surface area (Å²) in [6.45, 7) is 3.35. The normalized spacial score (nSPS) is 10.9. The van der Waals surface area contributed by atoms with E-state index >= 15 is 0 Å². The number of nitrogens with two attached hydrogens (primary N) is 1. The minimum Gasteiger partial charge on any atom is -0.454 e. The molecule has 8 heteroatoms. The van der Waals surface area contributed by atoms with Crippen LogP contribution in [0, 0.1) is 5.92 Å². The van der Waals surface area contributed by atoms with Gasteiger partial charge in [-0.1, -0.05) is 62.4 Å². The number of hydrogen-bond acceptors (Lipinski definition) is 6. The molecule has 3 aromatic rings. The maximum Gasteiger partial charge on any atom is 0.338 e. The fourth-order valence-electron chi connectivity index (χ4n) is 3.73. The van der Waals surface area contributed by atoms with Gasteiger partial charge in [-0.05, 0) is 36.0 Å². The van der Waals surface area contributed by atoms with Gasteiger partial charge in [0.05, 0.1) is 5.56 Å². The van der Waals surface area contributed by atoms with Gasteiger partial charge in [-0.3, -0.25) is 18.7 Å². The van der Waals surface area contributed by atoms with Gasteiger partial charge in [-0.2, -0.15) is 0 Å². The van der Waals surface area contributed by atoms with Gasteiger partial charge in [0.15, 0.2) is 6.61 Å². The second-order valence-electron chi connectivity index (χ2n) is 8.55. The van der Waals surface area contributed by atoms with E-state index in [2.05, 4.69) is 0 Å². The molecule has 0 aliphatic carbocycles. The number of aryl methyl sites for hydroxylation is 2. The van der Waals surface area contributed by atoms with Gasteiger partial charge in [0, 0.05) is 13.6 Å². The second-order valence-corrected chi connectivity index (χ2v) is 8.55. The van der Waals surface area contributed by atoms with Crippen LogP contribution < -0.4 is 17.0 Å². The molecule has 0 bridgehead atoms. The Morgan fingerprint density at radius 2 is 1.62 bits per heavy atom. The Kier molecular flexibility index (Phi) is 7.83. The molecular weight excluding hydrogens is 434 g/mol. The molecular formula is C26H29N3O5. The van der Waals surface area contributed by atoms with Crippen LogP contribution in [0.4, 0.5) is 5.82 Å². The van der Waals surface area contributed by atoms with Crippen LogP contribution in [0.5, 0.6) is 0 Å². The van der Waals surface area contributed by atoms with Crippen LogP contribution in [-0.4, -0.2) is 27.5 Å². The molecule has 8 nitrogen and oxygen atoms in total. The number of rotatable bonds is 9. The number of carbonyl (C=O) groups is 2. The quantitative estimate of drug-likeness (QED) is 0.386. The van der Waals surface area contributed by atoms with E-state index in [9.17, 15) is 19.2 Å². The third kappa shape index (κ3) is 5.51. The van der Waals surface area contributed by atoms with Crippen molar-refractivity contribution in [2.24, 2.45) is 13.0 Å². The molecule has 2 N–H and O–H groups in total. The highest BCUT2D eigenvalue weighted by Gasteiger charge is 2.23. The van der Waals surface area contributed by atoms with Crippen LogP contribution in [0.2, 0.25) is 0 Å². The van der Waals surface area contributed by atoms with Crippen LogP contribution >= 0.6 is 0 Å². The molecule has 1 aromatic heterocycles. The fraction of sp³-hybridized carbons (Fsp3) is 0.308. The van der Waals surface area contributed by atoms with Gasteiger partial charge in [0.25, 0.3) is 5.56 Å². The summed E-state index contributed by atoms with van der Waals surface area (Å²) in [6.07, 6.45) is 1.37. The summed E-state index contributed by atoms with van der Waals surface area (Å²) in [5.41, 5.74) is 6.56. The van der Waals surface area contributed by atoms with Crippen LogP contribution in [0.1, 0.15) is 45.7 Å². The molecule has 0 radical (unpaired) electrons. The van der Waals surface area contributed by atoms with Crippen molar-refractivity contribution in [1.82, 2.24) is 9.13 Å². The Labute approximate surface area is 197 Å². The van der Waals surface area contributed by atoms with Gasteiger partial charge in [0.2, 0.25) is 5.78 Å². The number of aromatic nitrogens is 2. The van der Waals surface area contributed by atoms with Crippen molar-refractivity contribution in [2.75, 3.05) is 12.3 Å². The molecule has 0 saturated heterocycles. The molecule has 0 atom stereocenters. The molecule has 0 spiro atoms. The number of benzene rings is 2. The molecule has 3 rings (SSSR count). The Morgan fingerprint density at radius 1 is 0.971 bits per heavy atom. The number of nitrogen functional groups attached to an aromatic ring is 1. The zero-order valence-corrected chi connectivity index (χ0v) is 19.6. The lowest BCUT2D eigenvalue weighted by Gasteiger charge is -2.16. The highest BCUT2D eigenvalue weighted by atomic mass is 16.5. The van der Waals surface area contributed by atoms with Gasteiger partial charge in [-0.15, -0.1) is 0 Å². The molecule has 34 heavy (non-hydrogen) atoms. The van der Waals surface area contributed by atoms with E-state index in [1.165, 1.54) is 11.6 Å². The number of hydrogen-bond donors (Lipinski definition) is 1. The van der Waals surface area contributed by atoms with E-state index in [0.717, 1.165) is 22.1 Å². The standard InChI is InChI=1S/C26H29N3O5/c1-17(2)15-29-23(27)22(24(31)28(3)26(29)33)21(30)16-34-25(32)20-12-8-7-11-19(20)14-13-18-9-5-4-6-10-18/h4-12,17H,13-16,27H2,1-3H3. The number of nitrogens with zero attached hydrogens (tertiary/aromatic N) is 2. The van der Waals surface area contributed by atoms with Crippen molar-refractivity contribution in [3.8, 4) is 0 Å². The molecule has 0 amide bonds. The fourth-order valence-corrected chi connectivity index (χ4v) is 3.73. The number of Topliss-reactive ketones (excluding diaryl/α,β-unsaturated/α-hetero) is 1. The number of ether oxygens (including phenoxy) is 1. The lowest BCUT2D eigenvalue weighted by atomic mass is 10.00. The summed E-state index contributed by atoms with van der Waals surface area (Å²) in [5.74, 6) is -1.58. The molecule has 0 aliphatic rings. The number of carbonyl (C=O) groups excluding carboxylic acids is 2. The van der Waals surface area contributed by atoms with E-state index in [-0.39, 0.29) is 23.8 Å². The lowest BCUT2D eigenvalue weighted by Crippen LogP contribution is -2.43. The van der Waals surface area contributed by atoms with Gasteiger partial charge < -0.3 is 10.5 Å². The number of esters is 1. The average molecular weight is 464 g/mol. The van der Waals surface area contributed by atoms with Gasteiger partial charge in [-0.25, -0.2) is 9.59 Å². The highest BCUT2D eigenvalue weighted by Crippen LogP contribution is 2.15. The lowest BCUT2D eigenvalue weighted by molar-refractivity contribution is 0.0473. The third-order valence-electron chi connectivity index (χ3n) is 5.51. The molecule has 0 aliphatic heterocycles. The zero-order valence-electron chi connectivity index (χ0n) is 19.6. The molecule has 0 saturated carbocycles. The van der Waals surface area contributed by atoms with Crippen molar-refractivity contribution in [1.29, 1.82) is 0 Å². The molecule has 0 fully saturated rings. The Bertz CT molecular complexity index is 1310. The summed E-state index contributed by atoms with van der Waals surface area (Å²) in [6, 6.07) is 16.9. The third-order valence-corrected chi connectivity index (χ3v) is 5.51. The SMILES string of the molecule is CC(C)Cn1c(N)c(C(=O)COC(=O)c2ccccc2CCc2ccccc2)c(=O)n(C)c1=O. The zero-order chi connectivity index (χ0) is 24.8. The predicted molar refractivity (Wildman–Crippen MR) is 130 cm³/mol. The Hall–Kier alpha value is -3.94. The Morgan fingerprint density at radius 3 is 2.29 bits per heavy atom. The first-order valence-electron chi connectivity index (χ1n) is 11.1. The van der Waals surface area contributed by atoms with Crippen LogP contribution in [0.15, 0.2) is 64.2 Å². The first-order valence-corrected chi connectivity index (χ1v) is 11.1. The van der Waals surface area contributed by atoms with Crippen molar-refractivity contribution in [3.63, 3.8) is 0 Å². The summed E-state index contributed by atoms with van der Waals surface area (Å²) in [7, 11) is 1.28. The van der Waals surface area contributed by atoms with Gasteiger partial charge >= 0.3 is 11.7 Å². The van der Waals surface area contributed by atoms with Crippen molar-refractivity contribution >= 4 is 17.6 Å². The van der Waals surface area contributed by atoms with Gasteiger partial charge in [0.1, 0.15) is 11.4 Å². The maximum atomic E-state index is 12.8. The van der Waals surface area contributed by atoms with Crippen molar-refractivity contribution in [2.45, 2.75) is 33.2 Å². The predicted octanol–water partition coefficient (Wildman–Crippen LogP) is 2.61. The van der Waals surface area contributed by atoms with E-state index in [1.807, 2.05) is 56.3 Å². The maximum absolute atomic E-state index is 12.8.